The van der Waals surface area contributed by atoms with E-state index in [2.05, 4.69) is 35.3 Å². The van der Waals surface area contributed by atoms with Gasteiger partial charge >= 0.3 is 5.97 Å². The Morgan fingerprint density at radius 2 is 1.10 bits per heavy atom. The first-order valence-corrected chi connectivity index (χ1v) is 40.3. The number of benzene rings is 7. The summed E-state index contributed by atoms with van der Waals surface area (Å²) in [5.74, 6) is -14.0. The number of nitrogens with zero attached hydrogens (tertiary/aromatic N) is 6. The van der Waals surface area contributed by atoms with Crippen molar-refractivity contribution in [1.29, 1.82) is 0 Å². The van der Waals surface area contributed by atoms with Crippen LogP contribution in [0, 0.1) is 0 Å². The van der Waals surface area contributed by atoms with Crippen molar-refractivity contribution in [3.05, 3.63) is 176 Å². The number of hydrogen-bond donors (Lipinski definition) is 22. The number of hydrogen-bond acceptors (Lipinski definition) is 33. The normalized spacial score (nSPS) is 32.3. The number of aliphatic carboxylic acids is 1. The van der Waals surface area contributed by atoms with Gasteiger partial charge in [0.2, 0.25) is 53.7 Å². The highest BCUT2D eigenvalue weighted by Crippen LogP contribution is 2.51. The van der Waals surface area contributed by atoms with Crippen molar-refractivity contribution >= 4 is 64.6 Å². The number of phenols is 4. The predicted molar refractivity (Wildman–Crippen MR) is 445 cm³/mol. The zero-order chi connectivity index (χ0) is 90.5. The van der Waals surface area contributed by atoms with E-state index in [1.807, 2.05) is 0 Å². The van der Waals surface area contributed by atoms with Crippen LogP contribution in [0.3, 0.4) is 0 Å². The molecule has 9 aliphatic heterocycles. The van der Waals surface area contributed by atoms with E-state index >= 15 is 0 Å². The van der Waals surface area contributed by atoms with Crippen molar-refractivity contribution in [3.8, 4) is 68.6 Å². The lowest BCUT2D eigenvalue weighted by atomic mass is 9.90. The largest absolute Gasteiger partial charge is 0.508 e. The fourth-order valence-electron chi connectivity index (χ4n) is 15.7. The van der Waals surface area contributed by atoms with Gasteiger partial charge in [0, 0.05) is 54.8 Å². The molecule has 7 aromatic carbocycles. The van der Waals surface area contributed by atoms with E-state index in [9.17, 15) is 102 Å². The number of rotatable bonds is 16. The Morgan fingerprint density at radius 1 is 0.540 bits per heavy atom. The molecule has 27 unspecified atom stereocenters. The van der Waals surface area contributed by atoms with Crippen molar-refractivity contribution in [2.24, 2.45) is 41.4 Å². The van der Waals surface area contributed by atoms with Gasteiger partial charge in [-0.15, -0.1) is 0 Å². The number of aliphatic hydroxyl groups is 14. The Bertz CT molecular complexity index is 5320. The van der Waals surface area contributed by atoms with Gasteiger partial charge in [0.05, 0.1) is 47.2 Å². The highest BCUT2D eigenvalue weighted by Gasteiger charge is 2.51. The molecule has 0 spiro atoms. The number of phenolic OH excluding ortho intramolecular Hbond substituents is 4. The summed E-state index contributed by atoms with van der Waals surface area (Å²) in [6.45, 7) is 3.51. The minimum atomic E-state index is -2.38. The molecule has 27 atom stereocenters. The number of aromatic hydroxyl groups is 4. The number of fused-ring (bicyclic) bond motifs is 12. The number of carbonyl (C=O) groups is 1. The molecule has 4 saturated heterocycles. The van der Waals surface area contributed by atoms with Gasteiger partial charge in [0.15, 0.2) is 66.4 Å². The topological polar surface area (TPSA) is 641 Å². The van der Waals surface area contributed by atoms with Crippen LogP contribution in [-0.4, -0.2) is 282 Å². The lowest BCUT2D eigenvalue weighted by Crippen LogP contribution is -2.62. The van der Waals surface area contributed by atoms with E-state index in [-0.39, 0.29) is 57.9 Å². The van der Waals surface area contributed by atoms with E-state index in [1.165, 1.54) is 108 Å². The maximum absolute atomic E-state index is 13.8. The van der Waals surface area contributed by atoms with Gasteiger partial charge in [-0.1, -0.05) is 65.7 Å². The number of aliphatic hydroxyl groups excluding tert-OH is 14. The second-order valence-corrected chi connectivity index (χ2v) is 31.9. The fraction of sp³-hybridized carbons (Fsp3) is 0.417. The van der Waals surface area contributed by atoms with Gasteiger partial charge in [-0.3, -0.25) is 0 Å². The summed E-state index contributed by atoms with van der Waals surface area (Å²) in [5, 5.41) is 228. The Kier molecular flexibility index (Phi) is 27.5. The molecule has 9 aliphatic rings. The molecule has 4 fully saturated rings. The molecule has 674 valence electrons. The smallest absolute Gasteiger partial charge is 0.333 e. The Balaban J connectivity index is 1.02. The third-order valence-corrected chi connectivity index (χ3v) is 23.1. The molecule has 126 heavy (non-hydrogen) atoms. The first kappa shape index (κ1) is 91.3. The summed E-state index contributed by atoms with van der Waals surface area (Å²) in [6.07, 6.45) is -27.4. The van der Waals surface area contributed by atoms with Crippen molar-refractivity contribution in [2.75, 3.05) is 20.8 Å². The first-order chi connectivity index (χ1) is 60.0. The van der Waals surface area contributed by atoms with Crippen molar-refractivity contribution in [1.82, 2.24) is 5.32 Å². The van der Waals surface area contributed by atoms with Crippen LogP contribution in [0.25, 0.3) is 11.1 Å². The summed E-state index contributed by atoms with van der Waals surface area (Å²) in [6, 6.07) is 8.26. The van der Waals surface area contributed by atoms with E-state index in [0.717, 1.165) is 54.6 Å². The third kappa shape index (κ3) is 18.9. The number of carboxylic acids is 1. The van der Waals surface area contributed by atoms with Gasteiger partial charge in [0.1, 0.15) is 95.1 Å². The molecule has 0 amide bonds. The number of aliphatic imine (C=N–C) groups is 6. The van der Waals surface area contributed by atoms with Crippen LogP contribution in [0.4, 0.5) is 0 Å². The predicted octanol–water partition coefficient (Wildman–Crippen LogP) is 6.00. The molecule has 0 radical (unpaired) electrons. The monoisotopic (exact) mass is 1790 g/mol. The second kappa shape index (κ2) is 37.9. The lowest BCUT2D eigenvalue weighted by Gasteiger charge is -2.44. The number of nitrogens with two attached hydrogens (primary N) is 2. The molecule has 16 rings (SSSR count). The van der Waals surface area contributed by atoms with Crippen LogP contribution in [-0.2, 0) is 38.0 Å². The Labute approximate surface area is 726 Å². The van der Waals surface area contributed by atoms with Crippen LogP contribution < -0.4 is 35.7 Å². The van der Waals surface area contributed by atoms with Gasteiger partial charge in [-0.05, 0) is 140 Å². The molecule has 0 aliphatic carbocycles. The summed E-state index contributed by atoms with van der Waals surface area (Å²) < 4.78 is 69.3. The number of carboxylic acid groups (broad SMARTS) is 1. The molecular formula is C84H93Cl2N9O31. The highest BCUT2D eigenvalue weighted by atomic mass is 35.5. The van der Waals surface area contributed by atoms with Crippen molar-refractivity contribution in [2.45, 2.75) is 199 Å². The summed E-state index contributed by atoms with van der Waals surface area (Å²) in [5.41, 5.74) is 10.3. The van der Waals surface area contributed by atoms with Gasteiger partial charge in [0.25, 0.3) is 0 Å². The van der Waals surface area contributed by atoms with Crippen LogP contribution in [0.2, 0.25) is 10.0 Å². The average Bonchev–Trinajstić information content (AvgIpc) is 0.762. The van der Waals surface area contributed by atoms with Crippen molar-refractivity contribution < 1.29 is 154 Å². The minimum absolute atomic E-state index is 0.0892. The molecule has 9 heterocycles. The number of methoxy groups -OCH3 is 1. The van der Waals surface area contributed by atoms with Crippen LogP contribution in [0.5, 0.6) is 57.5 Å². The van der Waals surface area contributed by atoms with Crippen LogP contribution >= 0.6 is 23.2 Å². The van der Waals surface area contributed by atoms with Crippen molar-refractivity contribution in [3.63, 3.8) is 0 Å². The average molecular weight is 1800 g/mol. The molecule has 42 heteroatoms. The molecule has 0 aromatic heterocycles. The second-order valence-electron chi connectivity index (χ2n) is 31.0. The summed E-state index contributed by atoms with van der Waals surface area (Å²) in [7, 11) is 2.73. The molecule has 7 aromatic rings. The quantitative estimate of drug-likeness (QED) is 0.0390. The van der Waals surface area contributed by atoms with E-state index < -0.39 is 286 Å². The summed E-state index contributed by atoms with van der Waals surface area (Å²) in [4.78, 5) is 40.9. The van der Waals surface area contributed by atoms with E-state index in [0.29, 0.717) is 0 Å². The first-order valence-electron chi connectivity index (χ1n) is 39.6. The van der Waals surface area contributed by atoms with Crippen LogP contribution in [0.15, 0.2) is 157 Å². The Morgan fingerprint density at radius 3 is 1.70 bits per heavy atom. The molecule has 40 nitrogen and oxygen atoms in total. The van der Waals surface area contributed by atoms with Gasteiger partial charge in [-0.2, -0.15) is 0 Å². The SMILES string of the molecule is CNC(C(O)=NC1C(O)=NC(c2ccc(O)c(Cl)c2)C(O)=NC2C(O)=NC3C(O)=NC(C(O)=NC(C(=O)O)c4cc(O)cc(O)c4-c4cc3ccc4O)C(OC3CC(N)C(O)C(C)O3)c3ccc(c(Cl)c3)Oc3cc2cc(c3OC2OC(CO)C(O)C(O)C2OC2CC(N)C(O)C(C)O2)Oc2ccc(cc2)C1O)c1ccc(OC2OC(C)C(O)C(O)C2OC)cc1. The highest BCUT2D eigenvalue weighted by molar-refractivity contribution is 6.32. The number of nitrogens with one attached hydrogen (secondary N) is 1. The number of ether oxygens (including phenoxy) is 11. The minimum Gasteiger partial charge on any atom is -0.508 e. The van der Waals surface area contributed by atoms with Crippen LogP contribution in [0.1, 0.15) is 115 Å². The van der Waals surface area contributed by atoms with Gasteiger partial charge in [-0.25, -0.2) is 34.7 Å². The molecular weight excluding hydrogens is 1700 g/mol. The maximum Gasteiger partial charge on any atom is 0.333 e. The molecule has 11 bridgehead atoms. The zero-order valence-corrected chi connectivity index (χ0v) is 68.8. The van der Waals surface area contributed by atoms with E-state index in [1.54, 1.807) is 0 Å². The fourth-order valence-corrected chi connectivity index (χ4v) is 16.1. The molecule has 24 N–H and O–H groups in total. The third-order valence-electron chi connectivity index (χ3n) is 22.5. The number of likely N-dealkylation sites (N-methyl/N-ethyl adjacent to an activating group) is 1. The summed E-state index contributed by atoms with van der Waals surface area (Å²) >= 11 is 14.1. The maximum atomic E-state index is 13.8. The Hall–Kier alpha value is -10.9. The standard InChI is InChI=1S/C84H93Cl2N9O31/c1-30-65(101)46(87)27-55(117-30)124-72-37-12-19-51(45(86)22-37)122-53-24-38-23-52(73(53)126-84-75(71(107)69(105)54(29-96)123-84)125-56-28-47(88)66(102)31(2)118-56)120-40-15-8-34(9-16-40)68(104)63(94-76(108)58(89-4)33-6-13-41(14-7-33)121-83-74(116-5)70(106)67(103)32(3)119-83)80(112)91-60(36-11-18-49(99)44(85)21-36)77(109)92-61(38)79(111)90-59-35-10-17-48(98)42(20-35)57-43(25-39(97)26-50(57)100)62(82(114)115)93-81(113)64(72)95-78(59)110/h6-26,30-32,46-47,54-56,58-72,74-75,83-84,89,96-107H,27-29,87-88H2,1-5H3,(H,90,111)(H,91,112)(H,92,109)(H,93,113)(H,94,108)(H,95,110)(H,114,115). The number of halogens is 2. The molecule has 0 saturated carbocycles. The lowest BCUT2D eigenvalue weighted by molar-refractivity contribution is -0.330. The van der Waals surface area contributed by atoms with Gasteiger partial charge < -0.3 is 166 Å². The zero-order valence-electron chi connectivity index (χ0n) is 67.3. The van der Waals surface area contributed by atoms with E-state index in [4.69, 9.17) is 86.8 Å².